The number of quaternary nitrogens is 1. The number of para-hydroxylation sites is 1. The van der Waals surface area contributed by atoms with Gasteiger partial charge in [0.05, 0.1) is 30.6 Å². The summed E-state index contributed by atoms with van der Waals surface area (Å²) in [6.07, 6.45) is 4.29. The zero-order valence-electron chi connectivity index (χ0n) is 14.5. The minimum Gasteiger partial charge on any atom is -0.322 e. The third-order valence-electron chi connectivity index (χ3n) is 5.20. The number of nitrogens with zero attached hydrogens (tertiary/aromatic N) is 2. The fraction of sp³-hybridized carbons (Fsp3) is 0.667. The third-order valence-corrected chi connectivity index (χ3v) is 5.20. The first kappa shape index (κ1) is 18.6. The monoisotopic (exact) mass is 307 g/mol. The Morgan fingerprint density at radius 3 is 2.18 bits per heavy atom. The summed E-state index contributed by atoms with van der Waals surface area (Å²) in [5, 5.41) is 11.3. The number of unbranched alkanes of at least 4 members (excludes halogenated alkanes) is 1. The van der Waals surface area contributed by atoms with E-state index in [1.807, 2.05) is 12.1 Å². The van der Waals surface area contributed by atoms with E-state index in [9.17, 15) is 10.1 Å². The van der Waals surface area contributed by atoms with Gasteiger partial charge in [0.25, 0.3) is 5.69 Å². The van der Waals surface area contributed by atoms with Crippen molar-refractivity contribution in [2.45, 2.75) is 59.4 Å². The largest absolute Gasteiger partial charge is 0.322 e. The van der Waals surface area contributed by atoms with Gasteiger partial charge < -0.3 is 4.48 Å². The molecule has 1 rings (SSSR count). The second-order valence-electron chi connectivity index (χ2n) is 6.05. The number of benzene rings is 1. The summed E-state index contributed by atoms with van der Waals surface area (Å²) in [6, 6.07) is 7.68. The van der Waals surface area contributed by atoms with Crippen LogP contribution in [0.25, 0.3) is 0 Å². The Balaban J connectivity index is 3.11. The molecule has 4 nitrogen and oxygen atoms in total. The maximum absolute atomic E-state index is 11.3. The molecule has 1 aromatic carbocycles. The molecule has 0 bridgehead atoms. The fourth-order valence-corrected chi connectivity index (χ4v) is 3.57. The first-order valence-electron chi connectivity index (χ1n) is 8.62. The van der Waals surface area contributed by atoms with Gasteiger partial charge in [0.1, 0.15) is 0 Å². The lowest BCUT2D eigenvalue weighted by Crippen LogP contribution is -2.56. The van der Waals surface area contributed by atoms with Gasteiger partial charge in [0.15, 0.2) is 0 Å². The Morgan fingerprint density at radius 1 is 1.09 bits per heavy atom. The predicted molar refractivity (Wildman–Crippen MR) is 92.0 cm³/mol. The van der Waals surface area contributed by atoms with E-state index in [0.29, 0.717) is 6.04 Å². The van der Waals surface area contributed by atoms with Crippen molar-refractivity contribution >= 4 is 5.69 Å². The average Bonchev–Trinajstić information content (AvgIpc) is 2.54. The minimum absolute atomic E-state index is 0.245. The number of nitro groups is 1. The van der Waals surface area contributed by atoms with Gasteiger partial charge in [0, 0.05) is 18.1 Å². The molecular formula is C18H31N2O2+. The Labute approximate surface area is 134 Å². The van der Waals surface area contributed by atoms with E-state index in [1.165, 1.54) is 12.8 Å². The predicted octanol–water partition coefficient (Wildman–Crippen LogP) is 4.57. The Kier molecular flexibility index (Phi) is 7.52. The molecule has 1 aromatic rings. The fourth-order valence-electron chi connectivity index (χ4n) is 3.57. The maximum Gasteiger partial charge on any atom is 0.272 e. The molecule has 4 heteroatoms. The number of rotatable bonds is 10. The van der Waals surface area contributed by atoms with E-state index < -0.39 is 0 Å². The van der Waals surface area contributed by atoms with Gasteiger partial charge in [-0.2, -0.15) is 0 Å². The molecule has 0 aromatic heterocycles. The van der Waals surface area contributed by atoms with E-state index in [1.54, 1.807) is 12.1 Å². The van der Waals surface area contributed by atoms with Gasteiger partial charge >= 0.3 is 0 Å². The number of nitro benzene ring substituents is 1. The molecule has 0 fully saturated rings. The van der Waals surface area contributed by atoms with Gasteiger partial charge in [-0.05, 0) is 33.6 Å². The van der Waals surface area contributed by atoms with Crippen LogP contribution in [-0.2, 0) is 6.42 Å². The van der Waals surface area contributed by atoms with Crippen molar-refractivity contribution in [3.63, 3.8) is 0 Å². The van der Waals surface area contributed by atoms with Crippen molar-refractivity contribution in [2.75, 3.05) is 19.6 Å². The van der Waals surface area contributed by atoms with Crippen LogP contribution in [0.2, 0.25) is 0 Å². The molecule has 1 atom stereocenters. The zero-order valence-corrected chi connectivity index (χ0v) is 14.5. The van der Waals surface area contributed by atoms with Crippen LogP contribution >= 0.6 is 0 Å². The van der Waals surface area contributed by atoms with Crippen molar-refractivity contribution in [2.24, 2.45) is 0 Å². The molecule has 0 aliphatic heterocycles. The zero-order chi connectivity index (χ0) is 16.6. The molecule has 0 aliphatic rings. The molecular weight excluding hydrogens is 276 g/mol. The molecule has 0 saturated heterocycles. The highest BCUT2D eigenvalue weighted by molar-refractivity contribution is 5.40. The Morgan fingerprint density at radius 2 is 1.68 bits per heavy atom. The molecule has 22 heavy (non-hydrogen) atoms. The SMILES string of the molecule is CCCCC(Cc1ccccc1[N+](=O)[O-])[N+](CC)(CC)CC. The van der Waals surface area contributed by atoms with Crippen LogP contribution in [0, 0.1) is 10.1 Å². The molecule has 0 spiro atoms. The molecule has 0 N–H and O–H groups in total. The topological polar surface area (TPSA) is 43.1 Å². The van der Waals surface area contributed by atoms with Crippen LogP contribution in [-0.4, -0.2) is 35.1 Å². The van der Waals surface area contributed by atoms with Gasteiger partial charge in [-0.15, -0.1) is 0 Å². The van der Waals surface area contributed by atoms with Crippen LogP contribution in [0.4, 0.5) is 5.69 Å². The average molecular weight is 307 g/mol. The van der Waals surface area contributed by atoms with Crippen molar-refractivity contribution in [1.29, 1.82) is 0 Å². The van der Waals surface area contributed by atoms with Crippen molar-refractivity contribution < 1.29 is 9.41 Å². The summed E-state index contributed by atoms with van der Waals surface area (Å²) in [5.41, 5.74) is 1.15. The Bertz CT molecular complexity index is 462. The van der Waals surface area contributed by atoms with E-state index in [4.69, 9.17) is 0 Å². The molecule has 0 radical (unpaired) electrons. The van der Waals surface area contributed by atoms with Crippen LogP contribution in [0.1, 0.15) is 52.5 Å². The highest BCUT2D eigenvalue weighted by Gasteiger charge is 2.33. The quantitative estimate of drug-likeness (QED) is 0.361. The lowest BCUT2D eigenvalue weighted by atomic mass is 9.96. The molecule has 0 amide bonds. The van der Waals surface area contributed by atoms with Crippen LogP contribution in [0.3, 0.4) is 0 Å². The standard InChI is InChI=1S/C18H31N2O2/c1-5-9-13-17(20(6-2,7-3)8-4)15-16-12-10-11-14-18(16)19(21)22/h10-12,14,17H,5-9,13,15H2,1-4H3/q+1. The van der Waals surface area contributed by atoms with E-state index in [-0.39, 0.29) is 10.6 Å². The summed E-state index contributed by atoms with van der Waals surface area (Å²) in [6.45, 7) is 12.2. The molecule has 0 saturated carbocycles. The van der Waals surface area contributed by atoms with E-state index in [0.717, 1.165) is 42.5 Å². The summed E-state index contributed by atoms with van der Waals surface area (Å²) in [4.78, 5) is 11.0. The summed E-state index contributed by atoms with van der Waals surface area (Å²) < 4.78 is 1.05. The lowest BCUT2D eigenvalue weighted by molar-refractivity contribution is -0.947. The highest BCUT2D eigenvalue weighted by Crippen LogP contribution is 2.27. The second kappa shape index (κ2) is 8.89. The van der Waals surface area contributed by atoms with Gasteiger partial charge in [0.2, 0.25) is 0 Å². The van der Waals surface area contributed by atoms with Crippen molar-refractivity contribution in [3.8, 4) is 0 Å². The highest BCUT2D eigenvalue weighted by atomic mass is 16.6. The molecule has 124 valence electrons. The minimum atomic E-state index is -0.245. The molecule has 1 unspecified atom stereocenters. The van der Waals surface area contributed by atoms with E-state index >= 15 is 0 Å². The first-order valence-corrected chi connectivity index (χ1v) is 8.62. The number of hydrogen-bond acceptors (Lipinski definition) is 2. The van der Waals surface area contributed by atoms with Crippen molar-refractivity contribution in [3.05, 3.63) is 39.9 Å². The third kappa shape index (κ3) is 4.29. The summed E-state index contributed by atoms with van der Waals surface area (Å²) in [5.74, 6) is 0. The normalized spacial score (nSPS) is 13.1. The van der Waals surface area contributed by atoms with E-state index in [2.05, 4.69) is 27.7 Å². The maximum atomic E-state index is 11.3. The molecule has 0 aliphatic carbocycles. The lowest BCUT2D eigenvalue weighted by Gasteiger charge is -2.43. The van der Waals surface area contributed by atoms with Crippen LogP contribution in [0.5, 0.6) is 0 Å². The number of hydrogen-bond donors (Lipinski definition) is 0. The van der Waals surface area contributed by atoms with Gasteiger partial charge in [-0.1, -0.05) is 31.5 Å². The number of likely N-dealkylation sites (N-methyl/N-ethyl adjacent to an activating group) is 1. The summed E-state index contributed by atoms with van der Waals surface area (Å²) >= 11 is 0. The Hall–Kier alpha value is -1.42. The smallest absolute Gasteiger partial charge is 0.272 e. The van der Waals surface area contributed by atoms with Gasteiger partial charge in [-0.3, -0.25) is 10.1 Å². The van der Waals surface area contributed by atoms with Crippen LogP contribution in [0.15, 0.2) is 24.3 Å². The summed E-state index contributed by atoms with van der Waals surface area (Å²) in [7, 11) is 0. The van der Waals surface area contributed by atoms with Crippen molar-refractivity contribution in [1.82, 2.24) is 0 Å². The second-order valence-corrected chi connectivity index (χ2v) is 6.05. The first-order chi connectivity index (χ1) is 10.5. The van der Waals surface area contributed by atoms with Crippen LogP contribution < -0.4 is 0 Å². The van der Waals surface area contributed by atoms with Gasteiger partial charge in [-0.25, -0.2) is 0 Å². The molecule has 0 heterocycles.